The number of aromatic nitrogens is 2. The molecule has 0 radical (unpaired) electrons. The Kier molecular flexibility index (Phi) is 5.97. The van der Waals surface area contributed by atoms with Crippen molar-refractivity contribution < 1.29 is 23.8 Å². The van der Waals surface area contributed by atoms with Gasteiger partial charge in [-0.05, 0) is 48.9 Å². The van der Waals surface area contributed by atoms with Gasteiger partial charge in [0.1, 0.15) is 22.6 Å². The van der Waals surface area contributed by atoms with Crippen molar-refractivity contribution in [1.82, 2.24) is 10.2 Å². The van der Waals surface area contributed by atoms with Gasteiger partial charge in [-0.1, -0.05) is 18.5 Å². The Labute approximate surface area is 183 Å². The average molecular weight is 444 g/mol. The topological polar surface area (TPSA) is 128 Å². The molecule has 4 N–H and O–H groups in total. The van der Waals surface area contributed by atoms with Gasteiger partial charge < -0.3 is 29.5 Å². The third-order valence-corrected chi connectivity index (χ3v) is 5.18. The van der Waals surface area contributed by atoms with Gasteiger partial charge in [-0.15, -0.1) is 10.2 Å². The Morgan fingerprint density at radius 1 is 1.00 bits per heavy atom. The molecular weight excluding hydrogens is 422 g/mol. The van der Waals surface area contributed by atoms with Crippen molar-refractivity contribution in [2.45, 2.75) is 18.9 Å². The lowest BCUT2D eigenvalue weighted by Crippen LogP contribution is -2.43. The fourth-order valence-electron chi connectivity index (χ4n) is 3.05. The Morgan fingerprint density at radius 3 is 2.32 bits per heavy atom. The number of ether oxygens (including phenoxy) is 1. The summed E-state index contributed by atoms with van der Waals surface area (Å²) in [5.41, 5.74) is 6.56. The highest BCUT2D eigenvalue weighted by Gasteiger charge is 2.30. The molecule has 4 aromatic rings. The van der Waals surface area contributed by atoms with Crippen LogP contribution in [0.25, 0.3) is 33.9 Å². The Morgan fingerprint density at radius 2 is 1.68 bits per heavy atom. The molecule has 4 rings (SSSR count). The van der Waals surface area contributed by atoms with E-state index < -0.39 is 18.8 Å². The summed E-state index contributed by atoms with van der Waals surface area (Å²) >= 11 is 6.30. The summed E-state index contributed by atoms with van der Waals surface area (Å²) in [7, 11) is 0. The zero-order valence-corrected chi connectivity index (χ0v) is 17.6. The van der Waals surface area contributed by atoms with Crippen molar-refractivity contribution in [3.63, 3.8) is 0 Å². The van der Waals surface area contributed by atoms with Crippen LogP contribution in [0.15, 0.2) is 51.3 Å². The van der Waals surface area contributed by atoms with Crippen LogP contribution in [0.3, 0.4) is 0 Å². The van der Waals surface area contributed by atoms with E-state index in [1.807, 2.05) is 19.1 Å². The number of hydrogen-bond acceptors (Lipinski definition) is 8. The van der Waals surface area contributed by atoms with Gasteiger partial charge in [0.25, 0.3) is 0 Å². The number of rotatable bonds is 8. The zero-order chi connectivity index (χ0) is 22.0. The first kappa shape index (κ1) is 21.3. The summed E-state index contributed by atoms with van der Waals surface area (Å²) in [5, 5.41) is 28.4. The molecule has 0 amide bonds. The van der Waals surface area contributed by atoms with Gasteiger partial charge in [-0.25, -0.2) is 0 Å². The second kappa shape index (κ2) is 8.68. The predicted molar refractivity (Wildman–Crippen MR) is 116 cm³/mol. The van der Waals surface area contributed by atoms with E-state index in [2.05, 4.69) is 10.2 Å². The molecule has 2 aromatic carbocycles. The lowest BCUT2D eigenvalue weighted by molar-refractivity contribution is 0.105. The number of aliphatic hydroxyl groups is 2. The second-order valence-corrected chi connectivity index (χ2v) is 7.65. The first-order chi connectivity index (χ1) is 15.0. The van der Waals surface area contributed by atoms with Gasteiger partial charge in [0.2, 0.25) is 11.8 Å². The number of nitrogens with zero attached hydrogens (tertiary/aromatic N) is 2. The van der Waals surface area contributed by atoms with Gasteiger partial charge in [-0.2, -0.15) is 0 Å². The molecule has 2 aromatic heterocycles. The van der Waals surface area contributed by atoms with Crippen molar-refractivity contribution in [2.24, 2.45) is 5.73 Å². The maximum Gasteiger partial charge on any atom is 0.248 e. The van der Waals surface area contributed by atoms with Crippen molar-refractivity contribution >= 4 is 22.6 Å². The van der Waals surface area contributed by atoms with Crippen molar-refractivity contribution in [3.05, 3.63) is 53.2 Å². The van der Waals surface area contributed by atoms with Crippen molar-refractivity contribution in [3.8, 4) is 28.7 Å². The summed E-state index contributed by atoms with van der Waals surface area (Å²) in [6, 6.07) is 12.3. The minimum absolute atomic E-state index is 0.288. The third kappa shape index (κ3) is 4.15. The van der Waals surface area contributed by atoms with E-state index in [-0.39, 0.29) is 5.76 Å². The monoisotopic (exact) mass is 443 g/mol. The molecule has 8 nitrogen and oxygen atoms in total. The minimum Gasteiger partial charge on any atom is -0.492 e. The molecular formula is C22H22ClN3O5. The molecule has 0 saturated carbocycles. The van der Waals surface area contributed by atoms with Gasteiger partial charge in [0.05, 0.1) is 24.8 Å². The molecule has 0 aliphatic heterocycles. The van der Waals surface area contributed by atoms with Crippen LogP contribution in [-0.4, -0.2) is 40.2 Å². The Bertz CT molecular complexity index is 1200. The SMILES string of the molecule is CCCOc1ccc(-c2nnc(-c3ccc4oc(C(N)(CO)CO)cc4c3)o2)cc1Cl. The van der Waals surface area contributed by atoms with Crippen LogP contribution in [0.4, 0.5) is 0 Å². The van der Waals surface area contributed by atoms with Crippen molar-refractivity contribution in [2.75, 3.05) is 19.8 Å². The fourth-order valence-corrected chi connectivity index (χ4v) is 3.28. The summed E-state index contributed by atoms with van der Waals surface area (Å²) in [4.78, 5) is 0. The number of hydrogen-bond donors (Lipinski definition) is 3. The van der Waals surface area contributed by atoms with Crippen LogP contribution in [0.1, 0.15) is 19.1 Å². The van der Waals surface area contributed by atoms with E-state index in [1.165, 1.54) is 0 Å². The summed E-state index contributed by atoms with van der Waals surface area (Å²) in [6.07, 6.45) is 0.889. The predicted octanol–water partition coefficient (Wildman–Crippen LogP) is 3.73. The Balaban J connectivity index is 1.62. The van der Waals surface area contributed by atoms with E-state index in [0.717, 1.165) is 11.8 Å². The molecule has 0 atom stereocenters. The van der Waals surface area contributed by atoms with E-state index in [9.17, 15) is 10.2 Å². The van der Waals surface area contributed by atoms with Gasteiger partial charge >= 0.3 is 0 Å². The minimum atomic E-state index is -1.36. The molecule has 0 aliphatic carbocycles. The molecule has 9 heteroatoms. The van der Waals surface area contributed by atoms with Gasteiger partial charge in [-0.3, -0.25) is 0 Å². The van der Waals surface area contributed by atoms with E-state index in [1.54, 1.807) is 30.3 Å². The first-order valence-corrected chi connectivity index (χ1v) is 10.2. The number of halogens is 1. The molecule has 0 bridgehead atoms. The lowest BCUT2D eigenvalue weighted by Gasteiger charge is -2.21. The first-order valence-electron chi connectivity index (χ1n) is 9.78. The van der Waals surface area contributed by atoms with Gasteiger partial charge in [0.15, 0.2) is 0 Å². The third-order valence-electron chi connectivity index (χ3n) is 4.88. The number of nitrogens with two attached hydrogens (primary N) is 1. The highest BCUT2D eigenvalue weighted by molar-refractivity contribution is 6.32. The summed E-state index contributed by atoms with van der Waals surface area (Å²) in [5.74, 6) is 1.55. The maximum atomic E-state index is 9.49. The highest BCUT2D eigenvalue weighted by atomic mass is 35.5. The molecule has 0 unspecified atom stereocenters. The summed E-state index contributed by atoms with van der Waals surface area (Å²) in [6.45, 7) is 1.71. The number of fused-ring (bicyclic) bond motifs is 1. The molecule has 0 aliphatic rings. The van der Waals surface area contributed by atoms with Crippen molar-refractivity contribution in [1.29, 1.82) is 0 Å². The molecule has 162 valence electrons. The van der Waals surface area contributed by atoms with Crippen LogP contribution >= 0.6 is 11.6 Å². The highest BCUT2D eigenvalue weighted by Crippen LogP contribution is 2.33. The number of aliphatic hydroxyl groups excluding tert-OH is 2. The van der Waals surface area contributed by atoms with Crippen LogP contribution in [0.2, 0.25) is 5.02 Å². The van der Waals surface area contributed by atoms with Crippen LogP contribution in [-0.2, 0) is 5.54 Å². The normalized spacial score (nSPS) is 11.9. The summed E-state index contributed by atoms with van der Waals surface area (Å²) < 4.78 is 17.1. The van der Waals surface area contributed by atoms with Gasteiger partial charge in [0, 0.05) is 16.5 Å². The molecule has 0 spiro atoms. The molecule has 2 heterocycles. The smallest absolute Gasteiger partial charge is 0.248 e. The second-order valence-electron chi connectivity index (χ2n) is 7.24. The quantitative estimate of drug-likeness (QED) is 0.376. The van der Waals surface area contributed by atoms with E-state index in [0.29, 0.717) is 45.9 Å². The lowest BCUT2D eigenvalue weighted by atomic mass is 10.00. The van der Waals surface area contributed by atoms with E-state index >= 15 is 0 Å². The zero-order valence-electron chi connectivity index (χ0n) is 16.8. The number of furan rings is 1. The Hall–Kier alpha value is -2.91. The van der Waals surface area contributed by atoms with Crippen LogP contribution < -0.4 is 10.5 Å². The average Bonchev–Trinajstić information content (AvgIpc) is 3.45. The largest absolute Gasteiger partial charge is 0.492 e. The maximum absolute atomic E-state index is 9.49. The molecule has 31 heavy (non-hydrogen) atoms. The molecule has 0 saturated heterocycles. The van der Waals surface area contributed by atoms with Crippen LogP contribution in [0.5, 0.6) is 5.75 Å². The number of benzene rings is 2. The standard InChI is InChI=1S/C22H22ClN3O5/c1-2-7-29-18-6-4-14(9-16(18)23)21-26-25-20(31-21)13-3-5-17-15(8-13)10-19(30-17)22(24,11-27)12-28/h3-6,8-10,27-28H,2,7,11-12,24H2,1H3. The molecule has 0 fully saturated rings. The van der Waals surface area contributed by atoms with E-state index in [4.69, 9.17) is 30.9 Å². The fraction of sp³-hybridized carbons (Fsp3) is 0.273. The van der Waals surface area contributed by atoms with Crippen LogP contribution in [0, 0.1) is 0 Å².